The number of hydroxylamine groups is 2. The molecule has 100 valence electrons. The van der Waals surface area contributed by atoms with Crippen molar-refractivity contribution >= 4 is 6.09 Å². The Morgan fingerprint density at radius 1 is 1.22 bits per heavy atom. The van der Waals surface area contributed by atoms with Crippen LogP contribution in [0.1, 0.15) is 39.2 Å². The number of amides is 1. The van der Waals surface area contributed by atoms with Crippen molar-refractivity contribution in [2.45, 2.75) is 39.7 Å². The van der Waals surface area contributed by atoms with Crippen LogP contribution in [0.2, 0.25) is 0 Å². The maximum Gasteiger partial charge on any atom is 0.431 e. The van der Waals surface area contributed by atoms with Crippen molar-refractivity contribution in [1.29, 1.82) is 0 Å². The summed E-state index contributed by atoms with van der Waals surface area (Å²) in [6.07, 6.45) is -1.33. The zero-order chi connectivity index (χ0) is 13.9. The summed E-state index contributed by atoms with van der Waals surface area (Å²) in [6, 6.07) is 9.17. The smallest absolute Gasteiger partial charge is 0.431 e. The van der Waals surface area contributed by atoms with Crippen molar-refractivity contribution < 1.29 is 15.1 Å². The fraction of sp³-hybridized carbons (Fsp3) is 0.500. The maximum atomic E-state index is 10.9. The largest absolute Gasteiger partial charge is 0.463 e. The molecule has 0 fully saturated rings. The minimum absolute atomic E-state index is 0.0835. The highest BCUT2D eigenvalue weighted by Gasteiger charge is 2.35. The van der Waals surface area contributed by atoms with E-state index in [0.717, 1.165) is 5.56 Å². The molecule has 0 heterocycles. The van der Waals surface area contributed by atoms with Gasteiger partial charge in [-0.15, -0.1) is 0 Å². The van der Waals surface area contributed by atoms with Gasteiger partial charge in [0.1, 0.15) is 0 Å². The summed E-state index contributed by atoms with van der Waals surface area (Å²) < 4.78 is 0. The van der Waals surface area contributed by atoms with E-state index in [1.807, 2.05) is 51.1 Å². The molecule has 0 aromatic heterocycles. The third-order valence-corrected chi connectivity index (χ3v) is 3.16. The average Bonchev–Trinajstić information content (AvgIpc) is 2.27. The highest BCUT2D eigenvalue weighted by molar-refractivity contribution is 5.63. The molecule has 0 saturated carbocycles. The van der Waals surface area contributed by atoms with E-state index in [9.17, 15) is 10.0 Å². The van der Waals surface area contributed by atoms with Crippen LogP contribution >= 0.6 is 0 Å². The van der Waals surface area contributed by atoms with Crippen LogP contribution in [0, 0.1) is 5.41 Å². The average molecular weight is 251 g/mol. The molecule has 1 amide bonds. The highest BCUT2D eigenvalue weighted by atomic mass is 16.6. The van der Waals surface area contributed by atoms with Crippen LogP contribution in [0.4, 0.5) is 4.79 Å². The van der Waals surface area contributed by atoms with E-state index >= 15 is 0 Å². The molecule has 0 aliphatic carbocycles. The van der Waals surface area contributed by atoms with Gasteiger partial charge in [0.15, 0.2) is 0 Å². The molecule has 4 nitrogen and oxygen atoms in total. The van der Waals surface area contributed by atoms with Crippen molar-refractivity contribution in [3.8, 4) is 0 Å². The Kier molecular flexibility index (Phi) is 4.35. The van der Waals surface area contributed by atoms with Crippen LogP contribution in [0.5, 0.6) is 0 Å². The summed E-state index contributed by atoms with van der Waals surface area (Å²) in [5, 5.41) is 18.9. The number of nitrogens with zero attached hydrogens (tertiary/aromatic N) is 1. The summed E-state index contributed by atoms with van der Waals surface area (Å²) in [6.45, 7) is 7.83. The van der Waals surface area contributed by atoms with Gasteiger partial charge in [0, 0.05) is 5.92 Å². The van der Waals surface area contributed by atoms with E-state index in [2.05, 4.69) is 0 Å². The van der Waals surface area contributed by atoms with Gasteiger partial charge < -0.3 is 5.11 Å². The molecule has 0 aliphatic heterocycles. The van der Waals surface area contributed by atoms with Crippen molar-refractivity contribution in [3.05, 3.63) is 35.9 Å². The first kappa shape index (κ1) is 14.5. The summed E-state index contributed by atoms with van der Waals surface area (Å²) in [5.41, 5.74) is 0.870. The predicted molar refractivity (Wildman–Crippen MR) is 69.8 cm³/mol. The predicted octanol–water partition coefficient (Wildman–Crippen LogP) is 3.57. The lowest BCUT2D eigenvalue weighted by molar-refractivity contribution is -0.106. The first-order valence-corrected chi connectivity index (χ1v) is 6.01. The van der Waals surface area contributed by atoms with Gasteiger partial charge >= 0.3 is 6.09 Å². The van der Waals surface area contributed by atoms with Crippen LogP contribution in [-0.4, -0.2) is 27.5 Å². The Morgan fingerprint density at radius 2 is 1.72 bits per heavy atom. The van der Waals surface area contributed by atoms with E-state index in [1.54, 1.807) is 6.92 Å². The van der Waals surface area contributed by atoms with Crippen molar-refractivity contribution in [2.24, 2.45) is 5.41 Å². The van der Waals surface area contributed by atoms with Gasteiger partial charge in [0.25, 0.3) is 0 Å². The van der Waals surface area contributed by atoms with Crippen LogP contribution in [0.15, 0.2) is 30.3 Å². The number of benzene rings is 1. The SMILES string of the molecule is C[C@@H](C(c1ccccc1)C(C)(C)C)N(O)C(=O)O. The summed E-state index contributed by atoms with van der Waals surface area (Å²) in [4.78, 5) is 10.9. The molecule has 2 N–H and O–H groups in total. The number of rotatable bonds is 3. The minimum Gasteiger partial charge on any atom is -0.463 e. The Balaban J connectivity index is 3.12. The molecule has 4 heteroatoms. The second kappa shape index (κ2) is 5.40. The monoisotopic (exact) mass is 251 g/mol. The molecule has 0 spiro atoms. The number of carbonyl (C=O) groups is 1. The van der Waals surface area contributed by atoms with E-state index < -0.39 is 12.1 Å². The third-order valence-electron chi connectivity index (χ3n) is 3.16. The summed E-state index contributed by atoms with van der Waals surface area (Å²) >= 11 is 0. The van der Waals surface area contributed by atoms with E-state index in [1.165, 1.54) is 0 Å². The quantitative estimate of drug-likeness (QED) is 0.637. The van der Waals surface area contributed by atoms with Crippen LogP contribution in [0.25, 0.3) is 0 Å². The topological polar surface area (TPSA) is 60.8 Å². The lowest BCUT2D eigenvalue weighted by atomic mass is 9.72. The molecule has 1 unspecified atom stereocenters. The third kappa shape index (κ3) is 3.23. The molecule has 18 heavy (non-hydrogen) atoms. The molecule has 0 radical (unpaired) electrons. The van der Waals surface area contributed by atoms with Crippen LogP contribution in [0.3, 0.4) is 0 Å². The molecular weight excluding hydrogens is 230 g/mol. The fourth-order valence-corrected chi connectivity index (χ4v) is 2.48. The van der Waals surface area contributed by atoms with Gasteiger partial charge in [0.05, 0.1) is 6.04 Å². The molecule has 1 rings (SSSR count). The van der Waals surface area contributed by atoms with Gasteiger partial charge in [-0.3, -0.25) is 5.21 Å². The van der Waals surface area contributed by atoms with Gasteiger partial charge in [-0.25, -0.2) is 4.79 Å². The van der Waals surface area contributed by atoms with Gasteiger partial charge in [0.2, 0.25) is 0 Å². The Bertz CT molecular complexity index is 397. The Labute approximate surface area is 108 Å². The fourth-order valence-electron chi connectivity index (χ4n) is 2.48. The van der Waals surface area contributed by atoms with E-state index in [-0.39, 0.29) is 11.3 Å². The van der Waals surface area contributed by atoms with Gasteiger partial charge in [-0.1, -0.05) is 51.1 Å². The molecule has 0 saturated heterocycles. The Morgan fingerprint density at radius 3 is 2.11 bits per heavy atom. The van der Waals surface area contributed by atoms with Crippen LogP contribution < -0.4 is 0 Å². The zero-order valence-electron chi connectivity index (χ0n) is 11.3. The molecule has 0 bridgehead atoms. The zero-order valence-corrected chi connectivity index (χ0v) is 11.3. The number of hydrogen-bond donors (Lipinski definition) is 2. The van der Waals surface area contributed by atoms with Gasteiger partial charge in [-0.2, -0.15) is 5.06 Å². The second-order valence-corrected chi connectivity index (χ2v) is 5.62. The van der Waals surface area contributed by atoms with E-state index in [0.29, 0.717) is 5.06 Å². The van der Waals surface area contributed by atoms with Crippen LogP contribution in [-0.2, 0) is 0 Å². The van der Waals surface area contributed by atoms with Gasteiger partial charge in [-0.05, 0) is 17.9 Å². The maximum absolute atomic E-state index is 10.9. The molecule has 1 aromatic rings. The number of carboxylic acid groups (broad SMARTS) is 1. The lowest BCUT2D eigenvalue weighted by Crippen LogP contribution is -2.42. The first-order valence-electron chi connectivity index (χ1n) is 6.01. The van der Waals surface area contributed by atoms with Crippen molar-refractivity contribution in [2.75, 3.05) is 0 Å². The summed E-state index contributed by atoms with van der Waals surface area (Å²) in [5.74, 6) is -0.0835. The molecule has 2 atom stereocenters. The van der Waals surface area contributed by atoms with Crippen molar-refractivity contribution in [3.63, 3.8) is 0 Å². The first-order chi connectivity index (χ1) is 8.25. The second-order valence-electron chi connectivity index (χ2n) is 5.62. The molecular formula is C14H21NO3. The lowest BCUT2D eigenvalue weighted by Gasteiger charge is -2.38. The van der Waals surface area contributed by atoms with E-state index in [4.69, 9.17) is 5.11 Å². The molecule has 1 aromatic carbocycles. The summed E-state index contributed by atoms with van der Waals surface area (Å²) in [7, 11) is 0. The molecule has 0 aliphatic rings. The van der Waals surface area contributed by atoms with Crippen molar-refractivity contribution in [1.82, 2.24) is 5.06 Å². The standard InChI is InChI=1S/C14H21NO3/c1-10(15(18)13(16)17)12(14(2,3)4)11-8-6-5-7-9-11/h5-10,12,18H,1-4H3,(H,16,17)/t10-,12?/m0/s1. The minimum atomic E-state index is -1.33. The number of hydrogen-bond acceptors (Lipinski definition) is 2. The Hall–Kier alpha value is -1.55. The highest BCUT2D eigenvalue weighted by Crippen LogP contribution is 2.39. The normalized spacial score (nSPS) is 14.9.